The zero-order chi connectivity index (χ0) is 108. The van der Waals surface area contributed by atoms with Crippen molar-refractivity contribution in [3.8, 4) is 11.5 Å². The van der Waals surface area contributed by atoms with Crippen molar-refractivity contribution in [3.63, 3.8) is 0 Å². The molecule has 7 unspecified atom stereocenters. The van der Waals surface area contributed by atoms with Crippen LogP contribution in [0, 0.1) is 46.8 Å². The van der Waals surface area contributed by atoms with E-state index in [1.807, 2.05) is 19.0 Å². The minimum Gasteiger partial charge on any atom is -0.480 e. The molecule has 0 saturated heterocycles. The maximum absolute atomic E-state index is 13.7. The summed E-state index contributed by atoms with van der Waals surface area (Å²) in [6, 6.07) is 15.8. The standard InChI is InChI=1S/C20H21F3N2O3.C19H20BrF2N3O3.C17H27F5N2O3.C15H20F2N2O2.C15H29N3O2.C14H26N2O4S/c21-14-9-7-13(8-10-14)20(27)25-17(6-1-2-11-24)18(26)12-28-19-15(22)4-3-5-16(19)23;20-13-10-24-9-7-12(13)19(27)25-16(6-1-2-8-23)17(26)11-28-18-14(21)4-3-5-15(18)22;1-16(18,19)15(17(20,21)22)27-10-13(25)12(8-4-5-9-23)24-14(26)11-6-2-3-7-11;1-15(16,17)13(20)12(9-5-6-10-18)19-14(21)11-7-3-2-4-8-11;1-18(2)11-14(19)13(9-5-6-10-16)17-15(20)12-7-3-4-8-12;1-21(19,20)10-13(17)12(8-4-5-9-15)16-14(18)11-6-2-3-7-11/h3-5,7-10,17H,1-2,6,11-12,24H2,(H,25,27);3-5,7,9-10,16H,1-2,6,8,11,23H2,(H,25,27);11-12,15H,2-10,23H2,1H3,(H,24,26);2-4,7-8,12H,5-6,9-10,18H2,1H3,(H,19,21);12-13H,3-11,16H2,1-2H3,(H,17,20);11-12H,2-10,15H2,1H3,(H,16,18). The van der Waals surface area contributed by atoms with Crippen LogP contribution in [0.5, 0.6) is 11.5 Å². The van der Waals surface area contributed by atoms with Gasteiger partial charge in [-0.15, -0.1) is 0 Å². The first-order valence-electron chi connectivity index (χ1n) is 48.6. The molecule has 0 aliphatic heterocycles. The third-order valence-electron chi connectivity index (χ3n) is 23.2. The molecule has 3 saturated carbocycles. The topological polar surface area (TPSA) is 511 Å². The molecular weight excluding hydrogens is 2010 g/mol. The third kappa shape index (κ3) is 51.8. The molecule has 31 nitrogen and oxygen atoms in total. The van der Waals surface area contributed by atoms with Crippen molar-refractivity contribution in [2.45, 2.75) is 267 Å². The first-order chi connectivity index (χ1) is 68.5. The van der Waals surface area contributed by atoms with Crippen LogP contribution in [0.15, 0.2) is 114 Å². The Morgan fingerprint density at radius 3 is 1.08 bits per heavy atom. The van der Waals surface area contributed by atoms with E-state index in [-0.39, 0.29) is 79.0 Å². The van der Waals surface area contributed by atoms with Crippen LogP contribution in [-0.4, -0.2) is 241 Å². The molecular formula is C100H143BrF12N14O17S. The summed E-state index contributed by atoms with van der Waals surface area (Å²) < 4.78 is 196. The van der Waals surface area contributed by atoms with Gasteiger partial charge in [0, 0.05) is 65.9 Å². The number of ketones is 6. The van der Waals surface area contributed by atoms with E-state index in [4.69, 9.17) is 43.9 Å². The van der Waals surface area contributed by atoms with Gasteiger partial charge in [-0.1, -0.05) is 68.9 Å². The molecule has 0 spiro atoms. The molecule has 3 aliphatic rings. The number of benzene rings is 4. The van der Waals surface area contributed by atoms with Gasteiger partial charge in [0.2, 0.25) is 29.6 Å². The number of halogens is 13. The van der Waals surface area contributed by atoms with Gasteiger partial charge in [0.25, 0.3) is 23.6 Å². The summed E-state index contributed by atoms with van der Waals surface area (Å²) in [6.45, 7) is 1.42. The van der Waals surface area contributed by atoms with Crippen molar-refractivity contribution in [2.24, 2.45) is 52.2 Å². The molecule has 0 bridgehead atoms. The Hall–Kier alpha value is -10.3. The number of hydrogen-bond donors (Lipinski definition) is 12. The molecule has 0 radical (unpaired) electrons. The van der Waals surface area contributed by atoms with Gasteiger partial charge in [0.05, 0.1) is 48.4 Å². The van der Waals surface area contributed by atoms with E-state index in [0.29, 0.717) is 158 Å². The highest BCUT2D eigenvalue weighted by Gasteiger charge is 2.55. The fourth-order valence-electron chi connectivity index (χ4n) is 15.3. The van der Waals surface area contributed by atoms with Crippen molar-refractivity contribution in [2.75, 3.05) is 91.7 Å². The van der Waals surface area contributed by atoms with E-state index in [0.717, 1.165) is 126 Å². The number of nitrogens with two attached hydrogens (primary N) is 6. The van der Waals surface area contributed by atoms with Gasteiger partial charge in [-0.3, -0.25) is 62.5 Å². The van der Waals surface area contributed by atoms with Gasteiger partial charge < -0.3 is 85.4 Å². The highest BCUT2D eigenvalue weighted by atomic mass is 79.9. The number of carbonyl (C=O) groups excluding carboxylic acids is 12. The SMILES string of the molecule is CC(F)(F)C(=O)C(CCCCN)NC(=O)c1ccccc1.CC(F)(F)C(OCC(=O)C(CCCCN)NC(=O)C1CCCC1)C(F)(F)F.CN(C)CC(=O)C(CCCCN)NC(=O)C1CCCC1.CS(=O)(=O)CC(=O)C(CCCCN)NC(=O)C1CCCC1.NCCCCC(NC(=O)c1ccc(F)cc1)C(=O)COc1c(F)cccc1F.NCCCCC(NC(=O)c1ccncc1Br)C(=O)COc1c(F)cccc1F. The van der Waals surface area contributed by atoms with Gasteiger partial charge in [0.1, 0.15) is 31.4 Å². The number of pyridine rings is 1. The summed E-state index contributed by atoms with van der Waals surface area (Å²) in [5.41, 5.74) is 33.4. The van der Waals surface area contributed by atoms with E-state index in [1.54, 1.807) is 30.3 Å². The summed E-state index contributed by atoms with van der Waals surface area (Å²) >= 11 is 3.23. The first-order valence-corrected chi connectivity index (χ1v) is 51.4. The van der Waals surface area contributed by atoms with Gasteiger partial charge in [-0.05, 0) is 290 Å². The van der Waals surface area contributed by atoms with E-state index in [9.17, 15) is 119 Å². The molecule has 7 atom stereocenters. The van der Waals surface area contributed by atoms with Crippen molar-refractivity contribution < 1.29 is 133 Å². The van der Waals surface area contributed by atoms with Crippen LogP contribution >= 0.6 is 15.9 Å². The van der Waals surface area contributed by atoms with Gasteiger partial charge in [-0.2, -0.15) is 22.0 Å². The molecule has 8 rings (SSSR count). The summed E-state index contributed by atoms with van der Waals surface area (Å²) in [5, 5.41) is 15.8. The Morgan fingerprint density at radius 1 is 0.421 bits per heavy atom. The quantitative estimate of drug-likeness (QED) is 0.0127. The molecule has 45 heteroatoms. The number of nitrogens with one attached hydrogen (secondary N) is 6. The van der Waals surface area contributed by atoms with Gasteiger partial charge in [0.15, 0.2) is 73.5 Å². The second kappa shape index (κ2) is 69.0. The fraction of sp³-hybridized carbons (Fsp3) is 0.590. The fourth-order valence-corrected chi connectivity index (χ4v) is 16.5. The lowest BCUT2D eigenvalue weighted by Crippen LogP contribution is -2.49. The van der Waals surface area contributed by atoms with Crippen LogP contribution in [-0.2, 0) is 57.7 Å². The zero-order valence-electron chi connectivity index (χ0n) is 82.8. The average Bonchev–Trinajstić information content (AvgIpc) is 1.02. The maximum atomic E-state index is 13.7. The summed E-state index contributed by atoms with van der Waals surface area (Å²) in [5.74, 6) is -19.3. The molecule has 4 aromatic carbocycles. The number of likely N-dealkylation sites (N-methyl/N-ethyl adjacent to an activating group) is 1. The largest absolute Gasteiger partial charge is 0.480 e. The van der Waals surface area contributed by atoms with E-state index < -0.39 is 177 Å². The Kier molecular flexibility index (Phi) is 61.4. The van der Waals surface area contributed by atoms with Crippen LogP contribution < -0.4 is 75.8 Å². The Labute approximate surface area is 848 Å². The lowest BCUT2D eigenvalue weighted by molar-refractivity contribution is -0.278. The highest BCUT2D eigenvalue weighted by Crippen LogP contribution is 2.36. The maximum Gasteiger partial charge on any atom is 0.420 e. The van der Waals surface area contributed by atoms with Gasteiger partial charge in [-0.25, -0.2) is 39.2 Å². The summed E-state index contributed by atoms with van der Waals surface area (Å²) in [4.78, 5) is 152. The Balaban J connectivity index is 0.000000450. The van der Waals surface area contributed by atoms with Crippen LogP contribution in [0.4, 0.5) is 52.7 Å². The monoisotopic (exact) mass is 2150 g/mol. The lowest BCUT2D eigenvalue weighted by Gasteiger charge is -2.27. The molecule has 145 heavy (non-hydrogen) atoms. The summed E-state index contributed by atoms with van der Waals surface area (Å²) in [6.07, 6.45) is 16.2. The van der Waals surface area contributed by atoms with Crippen molar-refractivity contribution >= 4 is 95.9 Å². The van der Waals surface area contributed by atoms with Crippen molar-refractivity contribution in [1.82, 2.24) is 41.8 Å². The molecule has 1 heterocycles. The first kappa shape index (κ1) is 129. The predicted molar refractivity (Wildman–Crippen MR) is 527 cm³/mol. The Bertz CT molecular complexity index is 4850. The number of carbonyl (C=O) groups is 12. The van der Waals surface area contributed by atoms with Crippen LogP contribution in [0.1, 0.15) is 238 Å². The second-order valence-electron chi connectivity index (χ2n) is 35.9. The number of alkyl halides is 7. The predicted octanol–water partition coefficient (Wildman–Crippen LogP) is 12.4. The van der Waals surface area contributed by atoms with Crippen LogP contribution in [0.2, 0.25) is 0 Å². The second-order valence-corrected chi connectivity index (χ2v) is 38.9. The number of ether oxygens (including phenoxy) is 3. The number of unbranched alkanes of at least 4 members (excludes halogenated alkanes) is 6. The highest BCUT2D eigenvalue weighted by molar-refractivity contribution is 9.10. The minimum absolute atomic E-state index is 0.0342. The number of hydrogen-bond acceptors (Lipinski definition) is 25. The lowest BCUT2D eigenvalue weighted by atomic mass is 10.0. The average molecular weight is 2150 g/mol. The number of rotatable bonds is 57. The molecule has 6 amide bonds. The normalized spacial score (nSPS) is 14.7. The molecule has 1 aromatic heterocycles. The number of nitrogens with zero attached hydrogens (tertiary/aromatic N) is 2. The van der Waals surface area contributed by atoms with E-state index >= 15 is 0 Å². The number of Topliss-reactive ketones (excluding diaryl/α,β-unsaturated/α-hetero) is 6. The van der Waals surface area contributed by atoms with Crippen LogP contribution in [0.3, 0.4) is 0 Å². The zero-order valence-corrected chi connectivity index (χ0v) is 85.2. The number of amides is 6. The smallest absolute Gasteiger partial charge is 0.420 e. The van der Waals surface area contributed by atoms with E-state index in [1.165, 1.54) is 42.7 Å². The molecule has 3 aliphatic carbocycles. The molecule has 18 N–H and O–H groups in total. The molecule has 3 fully saturated rings. The minimum atomic E-state index is -5.32. The van der Waals surface area contributed by atoms with Crippen molar-refractivity contribution in [3.05, 3.63) is 160 Å². The van der Waals surface area contributed by atoms with Gasteiger partial charge >= 0.3 is 12.1 Å². The van der Waals surface area contributed by atoms with Crippen molar-refractivity contribution in [1.29, 1.82) is 0 Å². The molecule has 5 aromatic rings. The number of sulfone groups is 1. The number of para-hydroxylation sites is 2. The third-order valence-corrected chi connectivity index (χ3v) is 24.6. The van der Waals surface area contributed by atoms with E-state index in [2.05, 4.69) is 57.6 Å². The molecule has 812 valence electrons. The number of aromatic nitrogens is 1. The van der Waals surface area contributed by atoms with Crippen LogP contribution in [0.25, 0.3) is 0 Å². The summed E-state index contributed by atoms with van der Waals surface area (Å²) in [7, 11) is 0.358. The Morgan fingerprint density at radius 2 is 0.745 bits per heavy atom.